The molecule has 3 N–H and O–H groups in total. The van der Waals surface area contributed by atoms with E-state index in [1.54, 1.807) is 0 Å². The Morgan fingerprint density at radius 1 is 1.45 bits per heavy atom. The van der Waals surface area contributed by atoms with Crippen LogP contribution in [0.3, 0.4) is 0 Å². The number of carbonyl (C=O) groups is 1. The number of benzene rings is 1. The largest absolute Gasteiger partial charge is 0.348 e. The number of amides is 1. The van der Waals surface area contributed by atoms with Crippen LogP contribution in [-0.2, 0) is 0 Å². The fraction of sp³-hybridized carbons (Fsp3) is 0.438. The molecule has 0 spiro atoms. The summed E-state index contributed by atoms with van der Waals surface area (Å²) in [6.45, 7) is 0.299. The topological polar surface area (TPSA) is 55.1 Å². The first-order valence-corrected chi connectivity index (χ1v) is 8.16. The minimum Gasteiger partial charge on any atom is -0.348 e. The van der Waals surface area contributed by atoms with Crippen molar-refractivity contribution in [2.75, 3.05) is 12.8 Å². The zero-order chi connectivity index (χ0) is 14.4. The van der Waals surface area contributed by atoms with Gasteiger partial charge in [0.15, 0.2) is 0 Å². The van der Waals surface area contributed by atoms with Gasteiger partial charge in [-0.3, -0.25) is 4.79 Å². The number of carbonyl (C=O) groups excluding carboxylic acids is 1. The highest BCUT2D eigenvalue weighted by atomic mass is 32.2. The highest BCUT2D eigenvalue weighted by molar-refractivity contribution is 7.99. The van der Waals surface area contributed by atoms with Gasteiger partial charge in [-0.25, -0.2) is 0 Å². The third kappa shape index (κ3) is 3.56. The predicted octanol–water partition coefficient (Wildman–Crippen LogP) is 2.01. The van der Waals surface area contributed by atoms with E-state index in [-0.39, 0.29) is 11.9 Å². The maximum absolute atomic E-state index is 12.4. The number of hydrogen-bond donors (Lipinski definition) is 2. The van der Waals surface area contributed by atoms with Gasteiger partial charge in [-0.05, 0) is 31.2 Å². The zero-order valence-electron chi connectivity index (χ0n) is 11.7. The van der Waals surface area contributed by atoms with Gasteiger partial charge in [-0.2, -0.15) is 11.8 Å². The summed E-state index contributed by atoms with van der Waals surface area (Å²) in [6.07, 6.45) is 5.54. The lowest BCUT2D eigenvalue weighted by atomic mass is 10.1. The monoisotopic (exact) mass is 288 g/mol. The van der Waals surface area contributed by atoms with Crippen LogP contribution >= 0.6 is 11.8 Å². The first-order chi connectivity index (χ1) is 9.76. The Morgan fingerprint density at radius 2 is 2.25 bits per heavy atom. The van der Waals surface area contributed by atoms with Gasteiger partial charge in [0.25, 0.3) is 5.91 Å². The Bertz CT molecular complexity index is 533. The molecule has 1 aromatic rings. The molecule has 20 heavy (non-hydrogen) atoms. The summed E-state index contributed by atoms with van der Waals surface area (Å²) in [4.78, 5) is 12.4. The molecule has 2 rings (SSSR count). The van der Waals surface area contributed by atoms with Crippen LogP contribution in [0.5, 0.6) is 0 Å². The van der Waals surface area contributed by atoms with Crippen LogP contribution in [0.2, 0.25) is 0 Å². The molecule has 0 saturated heterocycles. The minimum absolute atomic E-state index is 0.0297. The first kappa shape index (κ1) is 15.0. The van der Waals surface area contributed by atoms with Crippen molar-refractivity contribution < 1.29 is 4.79 Å². The van der Waals surface area contributed by atoms with Crippen molar-refractivity contribution in [3.8, 4) is 11.8 Å². The summed E-state index contributed by atoms with van der Waals surface area (Å²) < 4.78 is 0. The molecule has 1 fully saturated rings. The van der Waals surface area contributed by atoms with Crippen LogP contribution in [0, 0.1) is 11.8 Å². The second-order valence-electron chi connectivity index (χ2n) is 4.84. The number of thioether (sulfide) groups is 1. The smallest absolute Gasteiger partial charge is 0.252 e. The van der Waals surface area contributed by atoms with Gasteiger partial charge in [0.05, 0.1) is 12.1 Å². The Labute approximate surface area is 124 Å². The molecule has 106 valence electrons. The molecule has 2 unspecified atom stereocenters. The lowest BCUT2D eigenvalue weighted by Gasteiger charge is -2.19. The van der Waals surface area contributed by atoms with E-state index in [1.165, 1.54) is 12.8 Å². The quantitative estimate of drug-likeness (QED) is 0.837. The Kier molecular flexibility index (Phi) is 5.51. The number of rotatable bonds is 3. The van der Waals surface area contributed by atoms with Crippen molar-refractivity contribution in [2.45, 2.75) is 30.6 Å². The normalized spacial score (nSPS) is 21.1. The SMILES string of the molecule is CSC1CCCC1NC(=O)c1ccccc1C#CCN. The molecular formula is C16H20N2OS. The highest BCUT2D eigenvalue weighted by Gasteiger charge is 2.28. The first-order valence-electron chi connectivity index (χ1n) is 6.88. The molecule has 1 aromatic carbocycles. The van der Waals surface area contributed by atoms with E-state index in [0.29, 0.717) is 17.4 Å². The molecule has 0 heterocycles. The number of hydrogen-bond acceptors (Lipinski definition) is 3. The zero-order valence-corrected chi connectivity index (χ0v) is 12.5. The van der Waals surface area contributed by atoms with Crippen LogP contribution < -0.4 is 11.1 Å². The Hall–Kier alpha value is -1.44. The fourth-order valence-electron chi connectivity index (χ4n) is 2.56. The van der Waals surface area contributed by atoms with Gasteiger partial charge >= 0.3 is 0 Å². The van der Waals surface area contributed by atoms with Crippen LogP contribution in [-0.4, -0.2) is 30.0 Å². The number of nitrogens with one attached hydrogen (secondary N) is 1. The molecule has 0 aromatic heterocycles. The molecule has 0 bridgehead atoms. The molecule has 0 aliphatic heterocycles. The van der Waals surface area contributed by atoms with Gasteiger partial charge in [0.1, 0.15) is 0 Å². The van der Waals surface area contributed by atoms with Crippen molar-refractivity contribution in [3.63, 3.8) is 0 Å². The summed E-state index contributed by atoms with van der Waals surface area (Å²) >= 11 is 1.84. The van der Waals surface area contributed by atoms with Gasteiger partial charge in [0, 0.05) is 16.9 Å². The maximum atomic E-state index is 12.4. The molecular weight excluding hydrogens is 268 g/mol. The summed E-state index contributed by atoms with van der Waals surface area (Å²) in [5.41, 5.74) is 6.78. The van der Waals surface area contributed by atoms with Gasteiger partial charge in [0.2, 0.25) is 0 Å². The third-order valence-electron chi connectivity index (χ3n) is 3.57. The van der Waals surface area contributed by atoms with Crippen LogP contribution in [0.15, 0.2) is 24.3 Å². The molecule has 1 saturated carbocycles. The average molecular weight is 288 g/mol. The van der Waals surface area contributed by atoms with Crippen molar-refractivity contribution >= 4 is 17.7 Å². The lowest BCUT2D eigenvalue weighted by molar-refractivity contribution is 0.0938. The summed E-state index contributed by atoms with van der Waals surface area (Å²) in [5, 5.41) is 3.68. The molecule has 1 amide bonds. The van der Waals surface area contributed by atoms with Gasteiger partial charge in [-0.15, -0.1) is 0 Å². The van der Waals surface area contributed by atoms with Gasteiger partial charge < -0.3 is 11.1 Å². The van der Waals surface area contributed by atoms with Crippen molar-refractivity contribution in [2.24, 2.45) is 5.73 Å². The standard InChI is InChI=1S/C16H20N2OS/c1-20-15-10-4-9-14(15)18-16(19)13-8-3-2-6-12(13)7-5-11-17/h2-3,6,8,14-15H,4,9-11,17H2,1H3,(H,18,19). The highest BCUT2D eigenvalue weighted by Crippen LogP contribution is 2.28. The van der Waals surface area contributed by atoms with Gasteiger partial charge in [-0.1, -0.05) is 30.4 Å². The molecule has 1 aliphatic rings. The van der Waals surface area contributed by atoms with Crippen molar-refractivity contribution in [1.29, 1.82) is 0 Å². The van der Waals surface area contributed by atoms with E-state index in [4.69, 9.17) is 5.73 Å². The summed E-state index contributed by atoms with van der Waals surface area (Å²) in [7, 11) is 0. The Balaban J connectivity index is 2.13. The lowest BCUT2D eigenvalue weighted by Crippen LogP contribution is -2.38. The van der Waals surface area contributed by atoms with E-state index in [1.807, 2.05) is 36.0 Å². The summed E-state index contributed by atoms with van der Waals surface area (Å²) in [5.74, 6) is 5.74. The minimum atomic E-state index is -0.0297. The van der Waals surface area contributed by atoms with Crippen molar-refractivity contribution in [3.05, 3.63) is 35.4 Å². The summed E-state index contributed by atoms with van der Waals surface area (Å²) in [6, 6.07) is 7.70. The maximum Gasteiger partial charge on any atom is 0.252 e. The van der Waals surface area contributed by atoms with E-state index in [0.717, 1.165) is 12.0 Å². The second-order valence-corrected chi connectivity index (χ2v) is 5.91. The number of nitrogens with two attached hydrogens (primary N) is 1. The predicted molar refractivity (Wildman–Crippen MR) is 84.8 cm³/mol. The fourth-order valence-corrected chi connectivity index (χ4v) is 3.49. The molecule has 2 atom stereocenters. The average Bonchev–Trinajstić information content (AvgIpc) is 2.92. The molecule has 1 aliphatic carbocycles. The van der Waals surface area contributed by atoms with E-state index >= 15 is 0 Å². The van der Waals surface area contributed by atoms with Crippen molar-refractivity contribution in [1.82, 2.24) is 5.32 Å². The van der Waals surface area contributed by atoms with E-state index < -0.39 is 0 Å². The van der Waals surface area contributed by atoms with E-state index in [2.05, 4.69) is 23.4 Å². The van der Waals surface area contributed by atoms with Crippen LogP contribution in [0.1, 0.15) is 35.2 Å². The second kappa shape index (κ2) is 7.37. The van der Waals surface area contributed by atoms with E-state index in [9.17, 15) is 4.79 Å². The van der Waals surface area contributed by atoms with Crippen LogP contribution in [0.4, 0.5) is 0 Å². The third-order valence-corrected chi connectivity index (χ3v) is 4.74. The molecule has 3 nitrogen and oxygen atoms in total. The van der Waals surface area contributed by atoms with Crippen LogP contribution in [0.25, 0.3) is 0 Å². The molecule has 4 heteroatoms. The molecule has 0 radical (unpaired) electrons. The Morgan fingerprint density at radius 3 is 3.00 bits per heavy atom.